The summed E-state index contributed by atoms with van der Waals surface area (Å²) in [5.74, 6) is 0.914. The molecule has 1 aromatic rings. The molecule has 0 aliphatic heterocycles. The third-order valence-electron chi connectivity index (χ3n) is 4.60. The Morgan fingerprint density at radius 3 is 1.36 bits per heavy atom. The summed E-state index contributed by atoms with van der Waals surface area (Å²) in [4.78, 5) is 0. The molecule has 0 unspecified atom stereocenters. The maximum atomic E-state index is 6.75. The molecule has 108 valence electrons. The summed E-state index contributed by atoms with van der Waals surface area (Å²) in [6.45, 7) is 0.559. The molecular weight excluding hydrogens is 259 g/mol. The maximum Gasteiger partial charge on any atom is 0.119 e. The molecular formula is C11H26B9NO. The molecule has 0 atom stereocenters. The molecule has 1 aromatic carbocycles. The number of ether oxygens (including phenoxy) is 1. The Balaban J connectivity index is 3.43. The Kier molecular flexibility index (Phi) is 5.55. The first-order chi connectivity index (χ1) is 9.76. The van der Waals surface area contributed by atoms with Gasteiger partial charge in [0.25, 0.3) is 0 Å². The van der Waals surface area contributed by atoms with Crippen LogP contribution in [0.2, 0.25) is 15.3 Å². The third-order valence-corrected chi connectivity index (χ3v) is 4.60. The van der Waals surface area contributed by atoms with Gasteiger partial charge in [-0.15, -0.1) is 0 Å². The highest BCUT2D eigenvalue weighted by Crippen LogP contribution is 2.55. The minimum atomic E-state index is -0.322. The minimum Gasteiger partial charge on any atom is -0.492 e. The van der Waals surface area contributed by atoms with Crippen molar-refractivity contribution in [3.63, 3.8) is 0 Å². The molecule has 0 bridgehead atoms. The molecule has 22 heavy (non-hydrogen) atoms. The van der Waals surface area contributed by atoms with Crippen LogP contribution in [0.5, 0.6) is 5.75 Å². The lowest BCUT2D eigenvalue weighted by Gasteiger charge is -2.62. The summed E-state index contributed by atoms with van der Waals surface area (Å²) in [6.07, 6.45) is 0. The van der Waals surface area contributed by atoms with Crippen molar-refractivity contribution in [2.45, 2.75) is 27.5 Å². The Morgan fingerprint density at radius 2 is 1.09 bits per heavy atom. The lowest BCUT2D eigenvalue weighted by atomic mass is 9.13. The summed E-state index contributed by atoms with van der Waals surface area (Å²) in [5.41, 5.74) is 6.50. The second-order valence-electron chi connectivity index (χ2n) is 9.38. The number of hydrogen-bond donors (Lipinski definition) is 1. The molecule has 11 heteroatoms. The summed E-state index contributed by atoms with van der Waals surface area (Å²) in [7, 11) is 20.5. The van der Waals surface area contributed by atoms with Gasteiger partial charge in [-0.05, 0) is 17.7 Å². The molecule has 0 aromatic heterocycles. The van der Waals surface area contributed by atoms with E-state index in [0.717, 1.165) is 11.3 Å². The molecule has 0 fully saturated rings. The number of rotatable bonds is 6. The van der Waals surface area contributed by atoms with Gasteiger partial charge in [0.2, 0.25) is 0 Å². The average Bonchev–Trinajstić information content (AvgIpc) is 2.32. The van der Waals surface area contributed by atoms with Crippen molar-refractivity contribution in [1.29, 1.82) is 0 Å². The van der Waals surface area contributed by atoms with E-state index >= 15 is 0 Å². The highest BCUT2D eigenvalue weighted by molar-refractivity contribution is 6.70. The lowest BCUT2D eigenvalue weighted by Crippen LogP contribution is -2.66. The molecule has 0 radical (unpaired) electrons. The van der Waals surface area contributed by atoms with Crippen LogP contribution in [0.1, 0.15) is 5.56 Å². The van der Waals surface area contributed by atoms with Crippen LogP contribution in [0.3, 0.4) is 0 Å². The van der Waals surface area contributed by atoms with E-state index < -0.39 is 0 Å². The predicted molar refractivity (Wildman–Crippen MR) is 123 cm³/mol. The van der Waals surface area contributed by atoms with E-state index in [9.17, 15) is 0 Å². The largest absolute Gasteiger partial charge is 0.492 e. The van der Waals surface area contributed by atoms with Gasteiger partial charge in [0.05, 0.1) is 76.2 Å². The first-order valence-corrected chi connectivity index (χ1v) is 8.24. The molecule has 0 spiro atoms. The van der Waals surface area contributed by atoms with Gasteiger partial charge in [-0.25, -0.2) is 0 Å². The van der Waals surface area contributed by atoms with E-state index in [-0.39, 0.29) is 20.9 Å². The van der Waals surface area contributed by atoms with Crippen molar-refractivity contribution in [2.24, 2.45) is 5.73 Å². The number of nitrogens with two attached hydrogens (primary N) is 1. The zero-order chi connectivity index (χ0) is 17.4. The molecule has 0 saturated carbocycles. The van der Waals surface area contributed by atoms with Crippen molar-refractivity contribution in [3.8, 4) is 5.75 Å². The van der Waals surface area contributed by atoms with E-state index in [4.69, 9.17) is 10.5 Å². The lowest BCUT2D eigenvalue weighted by molar-refractivity contribution is 0.0710. The highest BCUT2D eigenvalue weighted by atomic mass is 16.5. The quantitative estimate of drug-likeness (QED) is 0.528. The zero-order valence-electron chi connectivity index (χ0n) is 16.0. The smallest absolute Gasteiger partial charge is 0.119 e. The fourth-order valence-electron chi connectivity index (χ4n) is 4.70. The molecule has 0 aliphatic carbocycles. The maximum absolute atomic E-state index is 6.75. The molecule has 1 rings (SSSR count). The molecule has 0 aliphatic rings. The van der Waals surface area contributed by atoms with E-state index in [1.807, 2.05) is 24.3 Å². The predicted octanol–water partition coefficient (Wildman–Crippen LogP) is -6.82. The van der Waals surface area contributed by atoms with Crippen LogP contribution >= 0.6 is 0 Å². The summed E-state index contributed by atoms with van der Waals surface area (Å²) < 4.78 is 6.75. The van der Waals surface area contributed by atoms with Gasteiger partial charge >= 0.3 is 0 Å². The van der Waals surface area contributed by atoms with Crippen molar-refractivity contribution < 1.29 is 4.74 Å². The Labute approximate surface area is 144 Å². The van der Waals surface area contributed by atoms with Gasteiger partial charge in [-0.3, -0.25) is 0 Å². The minimum absolute atomic E-state index is 0.0178. The SMILES string of the molecule is BC(B)(B)C(Oc1ccc(CN)cc1)(C(B)(B)B)C(B)(B)B. The second-order valence-corrected chi connectivity index (χ2v) is 9.38. The first-order valence-electron chi connectivity index (χ1n) is 8.24. The van der Waals surface area contributed by atoms with E-state index in [0.29, 0.717) is 6.54 Å². The fraction of sp³-hybridized carbons (Fsp3) is 0.455. The van der Waals surface area contributed by atoms with Crippen LogP contribution in [0.15, 0.2) is 24.3 Å². The van der Waals surface area contributed by atoms with Gasteiger partial charge in [0.1, 0.15) is 5.75 Å². The third kappa shape index (κ3) is 3.55. The Bertz CT molecular complexity index is 464. The van der Waals surface area contributed by atoms with Crippen LogP contribution in [0.25, 0.3) is 0 Å². The van der Waals surface area contributed by atoms with Crippen LogP contribution in [-0.2, 0) is 6.54 Å². The van der Waals surface area contributed by atoms with E-state index in [1.165, 1.54) is 0 Å². The van der Waals surface area contributed by atoms with Gasteiger partial charge < -0.3 is 10.5 Å². The fourth-order valence-corrected chi connectivity index (χ4v) is 4.70. The van der Waals surface area contributed by atoms with E-state index in [1.54, 1.807) is 0 Å². The van der Waals surface area contributed by atoms with Crippen LogP contribution in [0.4, 0.5) is 0 Å². The van der Waals surface area contributed by atoms with Crippen molar-refractivity contribution >= 4 is 70.6 Å². The van der Waals surface area contributed by atoms with E-state index in [2.05, 4.69) is 70.6 Å². The molecule has 2 N–H and O–H groups in total. The zero-order valence-corrected chi connectivity index (χ0v) is 16.0. The van der Waals surface area contributed by atoms with Gasteiger partial charge in [0, 0.05) is 6.54 Å². The highest BCUT2D eigenvalue weighted by Gasteiger charge is 2.57. The Hall–Kier alpha value is -0.436. The monoisotopic (exact) mass is 287 g/mol. The Morgan fingerprint density at radius 1 is 0.727 bits per heavy atom. The van der Waals surface area contributed by atoms with Gasteiger partial charge in [-0.2, -0.15) is 0 Å². The normalized spacial score (nSPS) is 13.7. The van der Waals surface area contributed by atoms with Crippen LogP contribution in [-0.4, -0.2) is 76.2 Å². The summed E-state index contributed by atoms with van der Waals surface area (Å²) in [6, 6.07) is 8.18. The number of hydrogen-bond acceptors (Lipinski definition) is 2. The molecule has 0 saturated heterocycles. The van der Waals surface area contributed by atoms with Gasteiger partial charge in [-0.1, -0.05) is 27.5 Å². The van der Waals surface area contributed by atoms with Crippen molar-refractivity contribution in [2.75, 3.05) is 0 Å². The summed E-state index contributed by atoms with van der Waals surface area (Å²) in [5, 5.41) is -0.0535. The average molecular weight is 286 g/mol. The van der Waals surface area contributed by atoms with Crippen molar-refractivity contribution in [3.05, 3.63) is 29.8 Å². The first kappa shape index (κ1) is 19.6. The number of benzene rings is 1. The molecule has 0 heterocycles. The second kappa shape index (κ2) is 6.22. The standard InChI is InChI=1S/C11H26B9NO/c12-9(13,14)8(10(15,16)17,11(18,19)20)22-7-3-1-6(5-21)2-4-7/h1-4H,5,12-21H2. The summed E-state index contributed by atoms with van der Waals surface area (Å²) >= 11 is 0. The van der Waals surface area contributed by atoms with Crippen molar-refractivity contribution in [1.82, 2.24) is 0 Å². The van der Waals surface area contributed by atoms with Crippen LogP contribution < -0.4 is 10.5 Å². The topological polar surface area (TPSA) is 35.2 Å². The van der Waals surface area contributed by atoms with Gasteiger partial charge in [0.15, 0.2) is 0 Å². The molecule has 0 amide bonds. The molecule has 2 nitrogen and oxygen atoms in total. The van der Waals surface area contributed by atoms with Crippen LogP contribution in [0, 0.1) is 0 Å².